The Morgan fingerprint density at radius 2 is 1.91 bits per heavy atom. The summed E-state index contributed by atoms with van der Waals surface area (Å²) in [7, 11) is 0. The third-order valence-corrected chi connectivity index (χ3v) is 6.37. The van der Waals surface area contributed by atoms with E-state index in [4.69, 9.17) is 6.42 Å². The molecular formula is C26H23N5O4. The van der Waals surface area contributed by atoms with Crippen LogP contribution in [0.5, 0.6) is 5.88 Å². The molecule has 0 saturated carbocycles. The number of piperazine rings is 1. The van der Waals surface area contributed by atoms with Crippen LogP contribution in [0.2, 0.25) is 0 Å². The number of carbonyl (C=O) groups is 3. The number of nitrogens with zero attached hydrogens (tertiary/aromatic N) is 3. The number of aromatic nitrogens is 1. The molecule has 0 bridgehead atoms. The third-order valence-electron chi connectivity index (χ3n) is 6.37. The Hall–Kier alpha value is -4.42. The normalized spacial score (nSPS) is 15.6. The molecule has 3 aromatic rings. The Morgan fingerprint density at radius 3 is 2.69 bits per heavy atom. The zero-order valence-corrected chi connectivity index (χ0v) is 18.9. The van der Waals surface area contributed by atoms with Crippen molar-refractivity contribution in [2.75, 3.05) is 39.3 Å². The molecule has 3 heterocycles. The lowest BCUT2D eigenvalue weighted by molar-refractivity contribution is -0.126. The molecule has 2 amide bonds. The van der Waals surface area contributed by atoms with Crippen LogP contribution in [0.3, 0.4) is 0 Å². The average molecular weight is 470 g/mol. The molecule has 1 aromatic heterocycles. The summed E-state index contributed by atoms with van der Waals surface area (Å²) in [6, 6.07) is 12.1. The molecule has 2 aliphatic rings. The summed E-state index contributed by atoms with van der Waals surface area (Å²) in [5.74, 6) is 1.09. The molecule has 35 heavy (non-hydrogen) atoms. The fourth-order valence-corrected chi connectivity index (χ4v) is 4.49. The number of fused-ring (bicyclic) bond motifs is 2. The van der Waals surface area contributed by atoms with Crippen molar-refractivity contribution >= 4 is 39.9 Å². The van der Waals surface area contributed by atoms with Crippen LogP contribution in [0.4, 0.5) is 5.69 Å². The standard InChI is InChI=1S/C26H23N5O4/c1-2-21(32)31-13-11-30(12-14-31)10-9-27-25(34)16-7-8-20-18(15-16)24(33)23(28-20)22-17-5-3-4-6-19(17)29-26(22)35/h1,3-8,15,29,35H,9-14H2,(H,27,34). The van der Waals surface area contributed by atoms with E-state index < -0.39 is 0 Å². The number of hydrogen-bond donors (Lipinski definition) is 3. The maximum atomic E-state index is 13.1. The van der Waals surface area contributed by atoms with Crippen LogP contribution in [0, 0.1) is 12.3 Å². The van der Waals surface area contributed by atoms with E-state index in [1.54, 1.807) is 23.1 Å². The van der Waals surface area contributed by atoms with Gasteiger partial charge in [-0.3, -0.25) is 19.3 Å². The van der Waals surface area contributed by atoms with Gasteiger partial charge in [0.1, 0.15) is 5.71 Å². The average Bonchev–Trinajstić information content (AvgIpc) is 3.38. The molecular weight excluding hydrogens is 446 g/mol. The number of hydrogen-bond acceptors (Lipinski definition) is 6. The van der Waals surface area contributed by atoms with Gasteiger partial charge in [-0.2, -0.15) is 0 Å². The van der Waals surface area contributed by atoms with E-state index in [2.05, 4.69) is 26.1 Å². The number of aromatic amines is 1. The van der Waals surface area contributed by atoms with Crippen molar-refractivity contribution in [1.29, 1.82) is 0 Å². The summed E-state index contributed by atoms with van der Waals surface area (Å²) in [6.45, 7) is 3.59. The predicted octanol–water partition coefficient (Wildman–Crippen LogP) is 1.70. The second kappa shape index (κ2) is 9.08. The summed E-state index contributed by atoms with van der Waals surface area (Å²) in [5, 5.41) is 14.0. The molecule has 1 fully saturated rings. The van der Waals surface area contributed by atoms with Crippen molar-refractivity contribution < 1.29 is 19.5 Å². The first-order chi connectivity index (χ1) is 17.0. The first-order valence-electron chi connectivity index (χ1n) is 11.3. The minimum absolute atomic E-state index is 0.117. The number of benzene rings is 2. The molecule has 9 nitrogen and oxygen atoms in total. The summed E-state index contributed by atoms with van der Waals surface area (Å²) in [6.07, 6.45) is 5.17. The quantitative estimate of drug-likeness (QED) is 0.492. The van der Waals surface area contributed by atoms with E-state index in [-0.39, 0.29) is 29.2 Å². The van der Waals surface area contributed by atoms with Gasteiger partial charge in [-0.25, -0.2) is 4.99 Å². The molecule has 5 rings (SSSR count). The van der Waals surface area contributed by atoms with Crippen LogP contribution in [-0.2, 0) is 4.79 Å². The highest BCUT2D eigenvalue weighted by Crippen LogP contribution is 2.35. The van der Waals surface area contributed by atoms with Gasteiger partial charge < -0.3 is 20.3 Å². The molecule has 1 saturated heterocycles. The minimum Gasteiger partial charge on any atom is -0.494 e. The number of para-hydroxylation sites is 1. The van der Waals surface area contributed by atoms with Crippen LogP contribution in [-0.4, -0.2) is 82.5 Å². The molecule has 0 atom stereocenters. The van der Waals surface area contributed by atoms with Gasteiger partial charge in [0, 0.05) is 55.7 Å². The van der Waals surface area contributed by atoms with E-state index in [1.807, 2.05) is 24.3 Å². The predicted molar refractivity (Wildman–Crippen MR) is 131 cm³/mol. The number of Topliss-reactive ketones (excluding diaryl/α,β-unsaturated/α-hetero) is 1. The first-order valence-corrected chi connectivity index (χ1v) is 11.3. The Morgan fingerprint density at radius 1 is 1.14 bits per heavy atom. The number of nitrogens with one attached hydrogen (secondary N) is 2. The van der Waals surface area contributed by atoms with Crippen LogP contribution >= 0.6 is 0 Å². The second-order valence-electron chi connectivity index (χ2n) is 8.45. The van der Waals surface area contributed by atoms with Crippen molar-refractivity contribution in [3.05, 3.63) is 59.2 Å². The lowest BCUT2D eigenvalue weighted by Gasteiger charge is -2.33. The van der Waals surface area contributed by atoms with Crippen molar-refractivity contribution in [1.82, 2.24) is 20.1 Å². The van der Waals surface area contributed by atoms with Gasteiger partial charge in [0.15, 0.2) is 5.88 Å². The number of H-pyrrole nitrogens is 1. The zero-order chi connectivity index (χ0) is 24.5. The Bertz CT molecular complexity index is 1420. The number of rotatable bonds is 5. The number of amides is 2. The van der Waals surface area contributed by atoms with Gasteiger partial charge in [0.2, 0.25) is 5.78 Å². The topological polar surface area (TPSA) is 118 Å². The molecule has 2 aliphatic heterocycles. The fraction of sp³-hybridized carbons (Fsp3) is 0.231. The largest absolute Gasteiger partial charge is 0.494 e. The highest BCUT2D eigenvalue weighted by molar-refractivity contribution is 6.56. The second-order valence-corrected chi connectivity index (χ2v) is 8.45. The number of carbonyl (C=O) groups excluding carboxylic acids is 3. The maximum Gasteiger partial charge on any atom is 0.298 e. The molecule has 9 heteroatoms. The number of terminal acetylenes is 1. The van der Waals surface area contributed by atoms with Crippen LogP contribution < -0.4 is 5.32 Å². The fourth-order valence-electron chi connectivity index (χ4n) is 4.49. The number of ketones is 1. The summed E-state index contributed by atoms with van der Waals surface area (Å²) >= 11 is 0. The Labute approximate surface area is 201 Å². The van der Waals surface area contributed by atoms with Crippen molar-refractivity contribution in [3.63, 3.8) is 0 Å². The lowest BCUT2D eigenvalue weighted by atomic mass is 10.00. The molecule has 0 unspecified atom stereocenters. The molecule has 0 aliphatic carbocycles. The van der Waals surface area contributed by atoms with Crippen LogP contribution in [0.25, 0.3) is 10.9 Å². The zero-order valence-electron chi connectivity index (χ0n) is 18.9. The molecule has 2 aromatic carbocycles. The summed E-state index contributed by atoms with van der Waals surface area (Å²) in [4.78, 5) is 48.5. The molecule has 0 radical (unpaired) electrons. The summed E-state index contributed by atoms with van der Waals surface area (Å²) in [5.41, 5.74) is 2.36. The SMILES string of the molecule is C#CC(=O)N1CCN(CCNC(=O)c2ccc3c(c2)C(=O)C(c2c(O)[nH]c4ccccc24)=N3)CC1. The van der Waals surface area contributed by atoms with Crippen LogP contribution in [0.1, 0.15) is 26.3 Å². The molecule has 176 valence electrons. The first kappa shape index (κ1) is 22.4. The van der Waals surface area contributed by atoms with E-state index in [0.29, 0.717) is 72.5 Å². The van der Waals surface area contributed by atoms with Gasteiger partial charge in [-0.05, 0) is 30.2 Å². The van der Waals surface area contributed by atoms with Gasteiger partial charge in [-0.1, -0.05) is 18.2 Å². The van der Waals surface area contributed by atoms with E-state index in [0.717, 1.165) is 0 Å². The summed E-state index contributed by atoms with van der Waals surface area (Å²) < 4.78 is 0. The smallest absolute Gasteiger partial charge is 0.298 e. The van der Waals surface area contributed by atoms with Gasteiger partial charge in [-0.15, -0.1) is 6.42 Å². The van der Waals surface area contributed by atoms with Gasteiger partial charge in [0.05, 0.1) is 16.8 Å². The maximum absolute atomic E-state index is 13.1. The van der Waals surface area contributed by atoms with Gasteiger partial charge in [0.25, 0.3) is 11.8 Å². The number of aromatic hydroxyl groups is 1. The van der Waals surface area contributed by atoms with Gasteiger partial charge >= 0.3 is 0 Å². The molecule has 0 spiro atoms. The number of aliphatic imine (C=N–C) groups is 1. The van der Waals surface area contributed by atoms with Crippen molar-refractivity contribution in [2.24, 2.45) is 4.99 Å². The Balaban J connectivity index is 1.22. The van der Waals surface area contributed by atoms with Crippen LogP contribution in [0.15, 0.2) is 47.5 Å². The Kier molecular flexibility index (Phi) is 5.81. The monoisotopic (exact) mass is 469 g/mol. The lowest BCUT2D eigenvalue weighted by Crippen LogP contribution is -2.50. The highest BCUT2D eigenvalue weighted by Gasteiger charge is 2.31. The van der Waals surface area contributed by atoms with E-state index in [1.165, 1.54) is 0 Å². The van der Waals surface area contributed by atoms with E-state index in [9.17, 15) is 19.5 Å². The molecule has 3 N–H and O–H groups in total. The highest BCUT2D eigenvalue weighted by atomic mass is 16.3. The minimum atomic E-state index is -0.339. The van der Waals surface area contributed by atoms with E-state index >= 15 is 0 Å². The third kappa shape index (κ3) is 4.16. The van der Waals surface area contributed by atoms with Crippen molar-refractivity contribution in [2.45, 2.75) is 0 Å². The van der Waals surface area contributed by atoms with Crippen molar-refractivity contribution in [3.8, 4) is 18.2 Å².